The quantitative estimate of drug-likeness (QED) is 0.852. The van der Waals surface area contributed by atoms with Crippen LogP contribution in [-0.4, -0.2) is 17.0 Å². The van der Waals surface area contributed by atoms with E-state index in [4.69, 9.17) is 5.73 Å². The van der Waals surface area contributed by atoms with E-state index in [1.54, 1.807) is 11.3 Å². The second-order valence-electron chi connectivity index (χ2n) is 4.84. The van der Waals surface area contributed by atoms with E-state index in [0.717, 1.165) is 10.4 Å². The lowest BCUT2D eigenvalue weighted by Crippen LogP contribution is -2.25. The molecule has 0 atom stereocenters. The number of nitrogens with zero attached hydrogens (tertiary/aromatic N) is 1. The summed E-state index contributed by atoms with van der Waals surface area (Å²) in [5.41, 5.74) is 7.00. The number of amides is 1. The van der Waals surface area contributed by atoms with Crippen LogP contribution in [0.25, 0.3) is 0 Å². The molecule has 0 bridgehead atoms. The summed E-state index contributed by atoms with van der Waals surface area (Å²) in [5, 5.41) is 4.92. The molecule has 5 heteroatoms. The van der Waals surface area contributed by atoms with Gasteiger partial charge in [0, 0.05) is 22.7 Å². The van der Waals surface area contributed by atoms with Crippen LogP contribution in [0, 0.1) is 11.8 Å². The fourth-order valence-corrected chi connectivity index (χ4v) is 2.79. The normalized spacial score (nSPS) is 10.3. The summed E-state index contributed by atoms with van der Waals surface area (Å²) in [6.45, 7) is 4.92. The minimum atomic E-state index is -0.0696. The van der Waals surface area contributed by atoms with Crippen molar-refractivity contribution in [2.75, 3.05) is 6.54 Å². The fourth-order valence-electron chi connectivity index (χ4n) is 2.02. The van der Waals surface area contributed by atoms with Crippen molar-refractivity contribution in [1.29, 1.82) is 0 Å². The lowest BCUT2D eigenvalue weighted by Gasteiger charge is -2.12. The molecule has 0 saturated carbocycles. The first kappa shape index (κ1) is 15.4. The Bertz CT molecular complexity index is 673. The SMILES string of the molecule is CC(C)n1cccc1C(=O)NCc1sccc1C#CCN. The molecule has 2 rings (SSSR count). The molecule has 21 heavy (non-hydrogen) atoms. The van der Waals surface area contributed by atoms with Crippen LogP contribution < -0.4 is 11.1 Å². The largest absolute Gasteiger partial charge is 0.346 e. The van der Waals surface area contributed by atoms with Crippen LogP contribution in [-0.2, 0) is 6.54 Å². The van der Waals surface area contributed by atoms with Gasteiger partial charge >= 0.3 is 0 Å². The molecule has 0 radical (unpaired) electrons. The van der Waals surface area contributed by atoms with E-state index in [9.17, 15) is 4.79 Å². The Hall–Kier alpha value is -2.03. The molecule has 0 aliphatic heterocycles. The average Bonchev–Trinajstić information content (AvgIpc) is 3.11. The number of carbonyl (C=O) groups excluding carboxylic acids is 1. The van der Waals surface area contributed by atoms with E-state index in [1.807, 2.05) is 34.3 Å². The van der Waals surface area contributed by atoms with Crippen molar-refractivity contribution in [2.45, 2.75) is 26.4 Å². The predicted octanol–water partition coefficient (Wildman–Crippen LogP) is 2.37. The molecular formula is C16H19N3OS. The molecule has 0 aromatic carbocycles. The topological polar surface area (TPSA) is 60.0 Å². The zero-order chi connectivity index (χ0) is 15.2. The van der Waals surface area contributed by atoms with Gasteiger partial charge in [-0.25, -0.2) is 0 Å². The zero-order valence-electron chi connectivity index (χ0n) is 12.2. The predicted molar refractivity (Wildman–Crippen MR) is 86.2 cm³/mol. The summed E-state index contributed by atoms with van der Waals surface area (Å²) in [5.74, 6) is 5.79. The average molecular weight is 301 g/mol. The summed E-state index contributed by atoms with van der Waals surface area (Å²) in [4.78, 5) is 13.3. The van der Waals surface area contributed by atoms with E-state index in [0.29, 0.717) is 18.8 Å². The molecule has 0 aliphatic carbocycles. The summed E-state index contributed by atoms with van der Waals surface area (Å²) < 4.78 is 1.96. The van der Waals surface area contributed by atoms with Crippen molar-refractivity contribution in [3.63, 3.8) is 0 Å². The molecular weight excluding hydrogens is 282 g/mol. The lowest BCUT2D eigenvalue weighted by molar-refractivity contribution is 0.0940. The van der Waals surface area contributed by atoms with Crippen molar-refractivity contribution in [1.82, 2.24) is 9.88 Å². The summed E-state index contributed by atoms with van der Waals surface area (Å²) >= 11 is 1.58. The maximum atomic E-state index is 12.3. The molecule has 2 aromatic heterocycles. The van der Waals surface area contributed by atoms with Gasteiger partial charge in [0.25, 0.3) is 5.91 Å². The minimum absolute atomic E-state index is 0.0696. The Kier molecular flexibility index (Phi) is 5.20. The monoisotopic (exact) mass is 301 g/mol. The van der Waals surface area contributed by atoms with Crippen molar-refractivity contribution >= 4 is 17.2 Å². The molecule has 2 heterocycles. The van der Waals surface area contributed by atoms with E-state index >= 15 is 0 Å². The van der Waals surface area contributed by atoms with Gasteiger partial charge in [-0.2, -0.15) is 0 Å². The molecule has 3 N–H and O–H groups in total. The maximum absolute atomic E-state index is 12.3. The third-order valence-electron chi connectivity index (χ3n) is 3.05. The Morgan fingerprint density at radius 1 is 1.48 bits per heavy atom. The van der Waals surface area contributed by atoms with E-state index in [2.05, 4.69) is 31.0 Å². The first-order valence-electron chi connectivity index (χ1n) is 6.83. The van der Waals surface area contributed by atoms with Gasteiger partial charge in [-0.1, -0.05) is 11.8 Å². The van der Waals surface area contributed by atoms with Gasteiger partial charge in [0.1, 0.15) is 5.69 Å². The number of carbonyl (C=O) groups is 1. The first-order chi connectivity index (χ1) is 10.1. The highest BCUT2D eigenvalue weighted by Gasteiger charge is 2.13. The molecule has 4 nitrogen and oxygen atoms in total. The number of thiophene rings is 1. The van der Waals surface area contributed by atoms with Crippen LogP contribution >= 0.6 is 11.3 Å². The third kappa shape index (κ3) is 3.75. The molecule has 0 saturated heterocycles. The maximum Gasteiger partial charge on any atom is 0.268 e. The molecule has 2 aromatic rings. The molecule has 0 unspecified atom stereocenters. The molecule has 1 amide bonds. The third-order valence-corrected chi connectivity index (χ3v) is 3.97. The standard InChI is InChI=1S/C16H19N3OS/c1-12(2)19-9-4-6-14(19)16(20)18-11-15-13(5-3-8-17)7-10-21-15/h4,6-7,9-10,12H,8,11,17H2,1-2H3,(H,18,20). The molecule has 0 spiro atoms. The Balaban J connectivity index is 2.05. The van der Waals surface area contributed by atoms with Crippen LogP contribution in [0.2, 0.25) is 0 Å². The van der Waals surface area contributed by atoms with Gasteiger partial charge in [-0.05, 0) is 37.4 Å². The number of aromatic nitrogens is 1. The van der Waals surface area contributed by atoms with Crippen molar-refractivity contribution in [3.8, 4) is 11.8 Å². The van der Waals surface area contributed by atoms with Crippen LogP contribution in [0.5, 0.6) is 0 Å². The number of nitrogens with one attached hydrogen (secondary N) is 1. The Morgan fingerprint density at radius 2 is 2.29 bits per heavy atom. The van der Waals surface area contributed by atoms with Crippen molar-refractivity contribution < 1.29 is 4.79 Å². The van der Waals surface area contributed by atoms with E-state index < -0.39 is 0 Å². The summed E-state index contributed by atoms with van der Waals surface area (Å²) in [6.07, 6.45) is 1.92. The van der Waals surface area contributed by atoms with Crippen LogP contribution in [0.1, 0.15) is 40.8 Å². The van der Waals surface area contributed by atoms with E-state index in [-0.39, 0.29) is 11.9 Å². The highest BCUT2D eigenvalue weighted by Crippen LogP contribution is 2.16. The summed E-state index contributed by atoms with van der Waals surface area (Å²) in [6, 6.07) is 5.93. The highest BCUT2D eigenvalue weighted by molar-refractivity contribution is 7.10. The van der Waals surface area contributed by atoms with E-state index in [1.165, 1.54) is 0 Å². The number of hydrogen-bond acceptors (Lipinski definition) is 3. The smallest absolute Gasteiger partial charge is 0.268 e. The van der Waals surface area contributed by atoms with Gasteiger partial charge in [0.05, 0.1) is 13.1 Å². The second-order valence-corrected chi connectivity index (χ2v) is 5.84. The van der Waals surface area contributed by atoms with Crippen LogP contribution in [0.3, 0.4) is 0 Å². The Labute approximate surface area is 129 Å². The zero-order valence-corrected chi connectivity index (χ0v) is 13.0. The van der Waals surface area contributed by atoms with Gasteiger partial charge in [0.2, 0.25) is 0 Å². The van der Waals surface area contributed by atoms with Crippen LogP contribution in [0.4, 0.5) is 0 Å². The molecule has 0 fully saturated rings. The van der Waals surface area contributed by atoms with Gasteiger partial charge in [-0.15, -0.1) is 11.3 Å². The number of rotatable bonds is 4. The second kappa shape index (κ2) is 7.11. The number of hydrogen-bond donors (Lipinski definition) is 2. The number of nitrogens with two attached hydrogens (primary N) is 1. The lowest BCUT2D eigenvalue weighted by atomic mass is 10.2. The van der Waals surface area contributed by atoms with Gasteiger partial charge in [0.15, 0.2) is 0 Å². The Morgan fingerprint density at radius 3 is 3.00 bits per heavy atom. The molecule has 0 aliphatic rings. The minimum Gasteiger partial charge on any atom is -0.346 e. The molecule has 110 valence electrons. The van der Waals surface area contributed by atoms with Crippen molar-refractivity contribution in [3.05, 3.63) is 45.9 Å². The van der Waals surface area contributed by atoms with Crippen LogP contribution in [0.15, 0.2) is 29.8 Å². The highest BCUT2D eigenvalue weighted by atomic mass is 32.1. The fraction of sp³-hybridized carbons (Fsp3) is 0.312. The first-order valence-corrected chi connectivity index (χ1v) is 7.71. The van der Waals surface area contributed by atoms with Crippen molar-refractivity contribution in [2.24, 2.45) is 5.73 Å². The summed E-state index contributed by atoms with van der Waals surface area (Å²) in [7, 11) is 0. The van der Waals surface area contributed by atoms with Gasteiger partial charge in [-0.3, -0.25) is 4.79 Å². The van der Waals surface area contributed by atoms with Gasteiger partial charge < -0.3 is 15.6 Å².